The molecule has 0 aliphatic heterocycles. The average Bonchev–Trinajstić information content (AvgIpc) is 2.42. The van der Waals surface area contributed by atoms with Crippen LogP contribution in [-0.4, -0.2) is 10.5 Å². The van der Waals surface area contributed by atoms with Crippen LogP contribution in [0.1, 0.15) is 6.92 Å². The summed E-state index contributed by atoms with van der Waals surface area (Å²) in [6, 6.07) is 5.63. The van der Waals surface area contributed by atoms with Gasteiger partial charge in [0.1, 0.15) is 0 Å². The molecule has 78 valence electrons. The standard InChI is InChI=1S/C10H9ClN2OS/c1-6(14)12-10-13(2)8-4-3-7(11)5-9(8)15-10/h3-5H,1-2H3. The van der Waals surface area contributed by atoms with Gasteiger partial charge in [0.25, 0.3) is 0 Å². The third-order valence-electron chi connectivity index (χ3n) is 2.02. The highest BCUT2D eigenvalue weighted by atomic mass is 35.5. The molecule has 0 spiro atoms. The lowest BCUT2D eigenvalue weighted by Crippen LogP contribution is -2.11. The van der Waals surface area contributed by atoms with E-state index in [2.05, 4.69) is 4.99 Å². The number of fused-ring (bicyclic) bond motifs is 1. The van der Waals surface area contributed by atoms with E-state index >= 15 is 0 Å². The van der Waals surface area contributed by atoms with Crippen LogP contribution in [0, 0.1) is 0 Å². The molecule has 1 heterocycles. The molecule has 1 aromatic carbocycles. The lowest BCUT2D eigenvalue weighted by molar-refractivity contribution is -0.116. The topological polar surface area (TPSA) is 34.4 Å². The molecular weight excluding hydrogens is 232 g/mol. The van der Waals surface area contributed by atoms with Crippen molar-refractivity contribution in [1.82, 2.24) is 4.57 Å². The van der Waals surface area contributed by atoms with Gasteiger partial charge in [0.05, 0.1) is 10.2 Å². The largest absolute Gasteiger partial charge is 0.319 e. The SMILES string of the molecule is CC(=O)N=c1sc2cc(Cl)ccc2n1C. The minimum absolute atomic E-state index is 0.191. The number of carbonyl (C=O) groups is 1. The highest BCUT2D eigenvalue weighted by molar-refractivity contribution is 7.16. The van der Waals surface area contributed by atoms with E-state index < -0.39 is 0 Å². The number of hydrogen-bond donors (Lipinski definition) is 0. The first-order chi connectivity index (χ1) is 7.08. The van der Waals surface area contributed by atoms with Crippen LogP contribution < -0.4 is 4.80 Å². The van der Waals surface area contributed by atoms with Crippen molar-refractivity contribution < 1.29 is 4.79 Å². The minimum Gasteiger partial charge on any atom is -0.319 e. The zero-order valence-corrected chi connectivity index (χ0v) is 9.89. The smallest absolute Gasteiger partial charge is 0.245 e. The van der Waals surface area contributed by atoms with Crippen LogP contribution >= 0.6 is 22.9 Å². The Morgan fingerprint density at radius 3 is 2.93 bits per heavy atom. The van der Waals surface area contributed by atoms with Crippen molar-refractivity contribution in [2.45, 2.75) is 6.92 Å². The highest BCUT2D eigenvalue weighted by Gasteiger charge is 2.03. The molecule has 0 atom stereocenters. The van der Waals surface area contributed by atoms with Crippen LogP contribution in [-0.2, 0) is 11.8 Å². The zero-order chi connectivity index (χ0) is 11.0. The molecule has 2 rings (SSSR count). The van der Waals surface area contributed by atoms with Gasteiger partial charge in [-0.15, -0.1) is 0 Å². The highest BCUT2D eigenvalue weighted by Crippen LogP contribution is 2.20. The van der Waals surface area contributed by atoms with Crippen molar-refractivity contribution in [1.29, 1.82) is 0 Å². The van der Waals surface area contributed by atoms with Gasteiger partial charge in [-0.05, 0) is 18.2 Å². The average molecular weight is 241 g/mol. The quantitative estimate of drug-likeness (QED) is 0.696. The van der Waals surface area contributed by atoms with Gasteiger partial charge >= 0.3 is 0 Å². The van der Waals surface area contributed by atoms with Crippen LogP contribution in [0.15, 0.2) is 23.2 Å². The maximum atomic E-state index is 10.9. The van der Waals surface area contributed by atoms with Crippen LogP contribution in [0.5, 0.6) is 0 Å². The molecule has 0 unspecified atom stereocenters. The molecule has 1 aromatic heterocycles. The Morgan fingerprint density at radius 2 is 2.27 bits per heavy atom. The number of aryl methyl sites for hydroxylation is 1. The van der Waals surface area contributed by atoms with Gasteiger partial charge in [-0.1, -0.05) is 22.9 Å². The number of hydrogen-bond acceptors (Lipinski definition) is 2. The summed E-state index contributed by atoms with van der Waals surface area (Å²) < 4.78 is 2.92. The van der Waals surface area contributed by atoms with Crippen molar-refractivity contribution in [3.05, 3.63) is 28.0 Å². The van der Waals surface area contributed by atoms with Gasteiger partial charge in [0.2, 0.25) is 5.91 Å². The van der Waals surface area contributed by atoms with Crippen LogP contribution in [0.3, 0.4) is 0 Å². The predicted octanol–water partition coefficient (Wildman–Crippen LogP) is 2.34. The van der Waals surface area contributed by atoms with E-state index in [1.54, 1.807) is 0 Å². The molecule has 0 fully saturated rings. The van der Waals surface area contributed by atoms with Crippen LogP contribution in [0.4, 0.5) is 0 Å². The Bertz CT molecular complexity index is 597. The third kappa shape index (κ3) is 1.96. The van der Waals surface area contributed by atoms with E-state index in [4.69, 9.17) is 11.6 Å². The monoisotopic (exact) mass is 240 g/mol. The molecule has 3 nitrogen and oxygen atoms in total. The molecule has 0 aliphatic rings. The molecule has 15 heavy (non-hydrogen) atoms. The number of amides is 1. The Morgan fingerprint density at radius 1 is 1.53 bits per heavy atom. The first-order valence-corrected chi connectivity index (χ1v) is 5.58. The van der Waals surface area contributed by atoms with Crippen LogP contribution in [0.25, 0.3) is 10.2 Å². The van der Waals surface area contributed by atoms with Crippen molar-refractivity contribution in [2.75, 3.05) is 0 Å². The summed E-state index contributed by atoms with van der Waals surface area (Å²) in [5.74, 6) is -0.191. The lowest BCUT2D eigenvalue weighted by Gasteiger charge is -1.94. The number of aromatic nitrogens is 1. The Kier molecular flexibility index (Phi) is 2.63. The summed E-state index contributed by atoms with van der Waals surface area (Å²) in [5.41, 5.74) is 1.03. The normalized spacial score (nSPS) is 12.3. The molecule has 2 aromatic rings. The van der Waals surface area contributed by atoms with Gasteiger partial charge in [-0.3, -0.25) is 4.79 Å². The van der Waals surface area contributed by atoms with Crippen molar-refractivity contribution in [2.24, 2.45) is 12.0 Å². The van der Waals surface area contributed by atoms with Crippen molar-refractivity contribution in [3.8, 4) is 0 Å². The van der Waals surface area contributed by atoms with Gasteiger partial charge in [-0.2, -0.15) is 4.99 Å². The number of rotatable bonds is 0. The molecule has 0 saturated heterocycles. The maximum absolute atomic E-state index is 10.9. The lowest BCUT2D eigenvalue weighted by atomic mass is 10.3. The van der Waals surface area contributed by atoms with Gasteiger partial charge in [0, 0.05) is 19.0 Å². The van der Waals surface area contributed by atoms with E-state index in [0.29, 0.717) is 9.82 Å². The van der Waals surface area contributed by atoms with Gasteiger partial charge < -0.3 is 4.57 Å². The van der Waals surface area contributed by atoms with E-state index in [-0.39, 0.29) is 5.91 Å². The predicted molar refractivity (Wildman–Crippen MR) is 62.1 cm³/mol. The van der Waals surface area contributed by atoms with Gasteiger partial charge in [0.15, 0.2) is 4.80 Å². The maximum Gasteiger partial charge on any atom is 0.245 e. The number of nitrogens with zero attached hydrogens (tertiary/aromatic N) is 2. The Balaban J connectivity index is 2.80. The molecule has 0 saturated carbocycles. The van der Waals surface area contributed by atoms with E-state index in [1.807, 2.05) is 29.8 Å². The second kappa shape index (κ2) is 3.79. The zero-order valence-electron chi connectivity index (χ0n) is 8.32. The molecule has 1 amide bonds. The van der Waals surface area contributed by atoms with E-state index in [0.717, 1.165) is 10.2 Å². The minimum atomic E-state index is -0.191. The fraction of sp³-hybridized carbons (Fsp3) is 0.200. The summed E-state index contributed by atoms with van der Waals surface area (Å²) in [6.45, 7) is 1.44. The van der Waals surface area contributed by atoms with E-state index in [1.165, 1.54) is 18.3 Å². The molecular formula is C10H9ClN2OS. The molecule has 0 radical (unpaired) electrons. The van der Waals surface area contributed by atoms with Crippen molar-refractivity contribution in [3.63, 3.8) is 0 Å². The summed E-state index contributed by atoms with van der Waals surface area (Å²) >= 11 is 7.34. The third-order valence-corrected chi connectivity index (χ3v) is 3.35. The van der Waals surface area contributed by atoms with E-state index in [9.17, 15) is 4.79 Å². The van der Waals surface area contributed by atoms with Crippen molar-refractivity contribution >= 4 is 39.1 Å². The second-order valence-electron chi connectivity index (χ2n) is 3.19. The Labute approximate surface area is 95.6 Å². The number of benzene rings is 1. The summed E-state index contributed by atoms with van der Waals surface area (Å²) in [6.07, 6.45) is 0. The number of thiazole rings is 1. The first-order valence-electron chi connectivity index (χ1n) is 4.38. The first kappa shape index (κ1) is 10.4. The Hall–Kier alpha value is -1.13. The second-order valence-corrected chi connectivity index (χ2v) is 4.63. The molecule has 0 bridgehead atoms. The fourth-order valence-corrected chi connectivity index (χ4v) is 2.69. The molecule has 0 aliphatic carbocycles. The number of halogens is 1. The fourth-order valence-electron chi connectivity index (χ4n) is 1.35. The molecule has 0 N–H and O–H groups in total. The summed E-state index contributed by atoms with van der Waals surface area (Å²) in [4.78, 5) is 15.5. The number of carbonyl (C=O) groups excluding carboxylic acids is 1. The molecule has 5 heteroatoms. The summed E-state index contributed by atoms with van der Waals surface area (Å²) in [7, 11) is 1.88. The summed E-state index contributed by atoms with van der Waals surface area (Å²) in [5, 5.41) is 0.693. The van der Waals surface area contributed by atoms with Crippen LogP contribution in [0.2, 0.25) is 5.02 Å². The van der Waals surface area contributed by atoms with Gasteiger partial charge in [-0.25, -0.2) is 0 Å².